The molecule has 1 aromatic heterocycles. The summed E-state index contributed by atoms with van der Waals surface area (Å²) in [5, 5.41) is 17.6. The van der Waals surface area contributed by atoms with E-state index in [2.05, 4.69) is 40.6 Å². The van der Waals surface area contributed by atoms with Gasteiger partial charge in [0, 0.05) is 0 Å². The van der Waals surface area contributed by atoms with Gasteiger partial charge in [0.15, 0.2) is 0 Å². The van der Waals surface area contributed by atoms with Crippen molar-refractivity contribution < 1.29 is 30.5 Å². The van der Waals surface area contributed by atoms with Crippen molar-refractivity contribution in [1.82, 2.24) is 10.3 Å². The van der Waals surface area contributed by atoms with Crippen LogP contribution in [0.15, 0.2) is 83.8 Å². The molecule has 38 heavy (non-hydrogen) atoms. The van der Waals surface area contributed by atoms with E-state index in [4.69, 9.17) is 21.4 Å². The van der Waals surface area contributed by atoms with Crippen LogP contribution in [0, 0.1) is 8.48 Å². The van der Waals surface area contributed by atoms with Crippen LogP contribution in [0.1, 0.15) is 35.4 Å². The number of halogens is 2. The van der Waals surface area contributed by atoms with Crippen molar-refractivity contribution in [1.29, 1.82) is 4.78 Å². The zero-order valence-corrected chi connectivity index (χ0v) is 25.2. The molecule has 0 amide bonds. The summed E-state index contributed by atoms with van der Waals surface area (Å²) < 4.78 is 21.6. The number of hydrogen-bond donors (Lipinski definition) is 3. The van der Waals surface area contributed by atoms with Gasteiger partial charge in [-0.15, -0.1) is 0 Å². The molecule has 3 aromatic carbocycles. The molecule has 8 heteroatoms. The first kappa shape index (κ1) is 27.5. The van der Waals surface area contributed by atoms with Crippen molar-refractivity contribution in [2.24, 2.45) is 0 Å². The molecule has 0 saturated carbocycles. The number of nitrogens with zero attached hydrogens (tertiary/aromatic N) is 1. The molecule has 0 radical (unpaired) electrons. The Hall–Kier alpha value is -2.04. The molecule has 3 N–H and O–H groups in total. The Morgan fingerprint density at radius 2 is 1.89 bits per heavy atom. The molecule has 0 spiro atoms. The van der Waals surface area contributed by atoms with Gasteiger partial charge >= 0.3 is 242 Å². The second-order valence-corrected chi connectivity index (χ2v) is 14.8. The van der Waals surface area contributed by atoms with E-state index in [0.29, 0.717) is 22.8 Å². The van der Waals surface area contributed by atoms with Gasteiger partial charge in [0.05, 0.1) is 0 Å². The number of nitrogens with one attached hydrogen (secondary N) is 2. The molecular formula is C30H32ClIN3O2S-. The molecular weight excluding hydrogens is 629 g/mol. The number of alkyl halides is 1. The molecule has 1 aliphatic heterocycles. The fourth-order valence-corrected chi connectivity index (χ4v) is 7.97. The van der Waals surface area contributed by atoms with Crippen molar-refractivity contribution in [2.75, 3.05) is 17.7 Å². The van der Waals surface area contributed by atoms with Crippen LogP contribution in [0.25, 0.3) is 10.9 Å². The van der Waals surface area contributed by atoms with Gasteiger partial charge in [-0.1, -0.05) is 0 Å². The molecule has 200 valence electrons. The van der Waals surface area contributed by atoms with E-state index < -0.39 is 36.5 Å². The fourth-order valence-electron chi connectivity index (χ4n) is 5.58. The Balaban J connectivity index is 1.63. The van der Waals surface area contributed by atoms with Crippen LogP contribution in [0.2, 0.25) is 5.02 Å². The minimum absolute atomic E-state index is 0.138. The molecule has 4 aromatic rings. The number of piperidine rings is 1. The number of fused-ring (bicyclic) bond motifs is 1. The summed E-state index contributed by atoms with van der Waals surface area (Å²) in [6.45, 7) is 0.719. The van der Waals surface area contributed by atoms with Gasteiger partial charge in [-0.2, -0.15) is 0 Å². The van der Waals surface area contributed by atoms with Crippen molar-refractivity contribution in [3.8, 4) is 0 Å². The summed E-state index contributed by atoms with van der Waals surface area (Å²) in [7, 11) is -2.86. The average molecular weight is 661 g/mol. The fraction of sp³-hybridized carbons (Fsp3) is 0.300. The molecule has 1 saturated heterocycles. The molecule has 1 fully saturated rings. The summed E-state index contributed by atoms with van der Waals surface area (Å²) in [6.07, 6.45) is 3.50. The maximum absolute atomic E-state index is 12.5. The van der Waals surface area contributed by atoms with Gasteiger partial charge in [-0.05, 0) is 0 Å². The van der Waals surface area contributed by atoms with E-state index in [1.165, 1.54) is 11.8 Å². The topological polar surface area (TPSA) is 86.1 Å². The Morgan fingerprint density at radius 1 is 1.16 bits per heavy atom. The van der Waals surface area contributed by atoms with E-state index in [0.717, 1.165) is 38.7 Å². The first-order valence-electron chi connectivity index (χ1n) is 12.6. The molecule has 5 nitrogen and oxygen atoms in total. The van der Waals surface area contributed by atoms with Crippen LogP contribution < -0.4 is 26.5 Å². The van der Waals surface area contributed by atoms with Crippen LogP contribution in [0.4, 0.5) is 0 Å². The molecule has 4 unspecified atom stereocenters. The third-order valence-electron chi connectivity index (χ3n) is 7.36. The van der Waals surface area contributed by atoms with Gasteiger partial charge in [-0.3, -0.25) is 0 Å². The van der Waals surface area contributed by atoms with Gasteiger partial charge in [0.1, 0.15) is 0 Å². The molecule has 0 bridgehead atoms. The normalized spacial score (nSPS) is 22.3. The first-order valence-corrected chi connectivity index (χ1v) is 18.2. The van der Waals surface area contributed by atoms with Gasteiger partial charge in [0.25, 0.3) is 0 Å². The third kappa shape index (κ3) is 5.92. The number of aliphatic hydroxyl groups is 1. The predicted molar refractivity (Wildman–Crippen MR) is 151 cm³/mol. The van der Waals surface area contributed by atoms with Crippen LogP contribution in [0.3, 0.4) is 0 Å². The number of aromatic nitrogens is 1. The summed E-state index contributed by atoms with van der Waals surface area (Å²) in [5.74, 6) is -0.294. The van der Waals surface area contributed by atoms with Crippen molar-refractivity contribution >= 4 is 32.2 Å². The second-order valence-electron chi connectivity index (χ2n) is 10.1. The molecule has 5 rings (SSSR count). The van der Waals surface area contributed by atoms with Crippen LogP contribution in [-0.4, -0.2) is 43.7 Å². The summed E-state index contributed by atoms with van der Waals surface area (Å²) in [5.41, 5.74) is 3.10. The second kappa shape index (κ2) is 11.2. The number of hydrogen-bond acceptors (Lipinski definition) is 5. The number of benzene rings is 3. The van der Waals surface area contributed by atoms with Gasteiger partial charge < -0.3 is 0 Å². The predicted octanol–water partition coefficient (Wildman–Crippen LogP) is 2.67. The van der Waals surface area contributed by atoms with E-state index in [9.17, 15) is 9.32 Å². The molecule has 2 heterocycles. The van der Waals surface area contributed by atoms with Gasteiger partial charge in [-0.25, -0.2) is 0 Å². The standard InChI is InChI=1S/C30H32ClIN3O2S/c1-32-29-26(18-22-17-25(38(2,33)37)12-13-27(22)35-29)28(21-8-10-23(31)11-9-21)30(36)14-15-34-24(19-30)16-20-6-4-3-5-7-20/h3-13,17-18,24,28,33-34,36H,14-16,19H2,1-2H3/q-1. The Kier molecular flexibility index (Phi) is 8.12. The Bertz CT molecular complexity index is 1550. The van der Waals surface area contributed by atoms with Crippen molar-refractivity contribution in [2.45, 2.75) is 41.7 Å². The van der Waals surface area contributed by atoms with E-state index in [1.54, 1.807) is 6.07 Å². The summed E-state index contributed by atoms with van der Waals surface area (Å²) in [6, 6.07) is 25.9. The zero-order chi connectivity index (χ0) is 26.9. The Morgan fingerprint density at radius 3 is 2.58 bits per heavy atom. The van der Waals surface area contributed by atoms with E-state index in [1.807, 2.05) is 42.5 Å². The monoisotopic (exact) mass is 660 g/mol. The van der Waals surface area contributed by atoms with Crippen LogP contribution in [-0.2, 0) is 16.1 Å². The quantitative estimate of drug-likeness (QED) is 0.162. The average Bonchev–Trinajstić information content (AvgIpc) is 2.89. The zero-order valence-electron chi connectivity index (χ0n) is 21.5. The molecule has 0 aliphatic carbocycles. The molecule has 1 aliphatic rings. The van der Waals surface area contributed by atoms with Crippen LogP contribution >= 0.6 is 11.6 Å². The molecule has 4 atom stereocenters. The van der Waals surface area contributed by atoms with Crippen LogP contribution in [0.5, 0.6) is 0 Å². The number of pyridine rings is 1. The maximum atomic E-state index is 12.5. The third-order valence-corrected chi connectivity index (χ3v) is 10.7. The van der Waals surface area contributed by atoms with Crippen molar-refractivity contribution in [3.05, 3.63) is 104 Å². The number of rotatable bonds is 7. The van der Waals surface area contributed by atoms with Gasteiger partial charge in [0.2, 0.25) is 0 Å². The first-order chi connectivity index (χ1) is 18.2. The van der Waals surface area contributed by atoms with E-state index in [-0.39, 0.29) is 12.0 Å². The summed E-state index contributed by atoms with van der Waals surface area (Å²) >= 11 is 5.86. The van der Waals surface area contributed by atoms with Crippen molar-refractivity contribution in [3.63, 3.8) is 0 Å². The SMILES string of the molecule is C[I-]c1nc2ccc(S(C)(=N)=O)cc2cc1C(c1ccc(Cl)cc1)C1(O)CCNC(Cc2ccccc2)C1. The summed E-state index contributed by atoms with van der Waals surface area (Å²) in [4.78, 5) is 7.72. The van der Waals surface area contributed by atoms with E-state index >= 15 is 0 Å². The minimum atomic E-state index is -2.86. The Labute approximate surface area is 240 Å².